The second-order valence-corrected chi connectivity index (χ2v) is 7.47. The summed E-state index contributed by atoms with van der Waals surface area (Å²) in [6.45, 7) is 1.03. The average Bonchev–Trinajstić information content (AvgIpc) is 2.76. The van der Waals surface area contributed by atoms with E-state index in [1.807, 2.05) is 0 Å². The number of aryl methyl sites for hydroxylation is 1. The van der Waals surface area contributed by atoms with Gasteiger partial charge in [-0.05, 0) is 36.2 Å². The molecule has 0 unspecified atom stereocenters. The van der Waals surface area contributed by atoms with Crippen LogP contribution in [0.3, 0.4) is 0 Å². The van der Waals surface area contributed by atoms with Gasteiger partial charge in [0.05, 0.1) is 12.1 Å². The van der Waals surface area contributed by atoms with Crippen molar-refractivity contribution in [1.82, 2.24) is 9.88 Å². The number of alkyl halides is 3. The fourth-order valence-electron chi connectivity index (χ4n) is 3.33. The number of nitrogens with zero attached hydrogens (tertiary/aromatic N) is 3. The molecule has 3 rings (SSSR count). The summed E-state index contributed by atoms with van der Waals surface area (Å²) >= 11 is 6.19. The smallest absolute Gasteiger partial charge is 0.422 e. The number of methoxy groups -OCH3 is 1. The first kappa shape index (κ1) is 23.0. The number of carbonyl (C=O) groups is 1. The molecule has 0 N–H and O–H groups in total. The molecule has 2 aromatic rings. The first-order chi connectivity index (χ1) is 14.8. The second kappa shape index (κ2) is 10.1. The third-order valence-corrected chi connectivity index (χ3v) is 5.21. The predicted octanol–water partition coefficient (Wildman–Crippen LogP) is 3.97. The lowest BCUT2D eigenvalue weighted by molar-refractivity contribution is -0.153. The van der Waals surface area contributed by atoms with Crippen LogP contribution in [0.25, 0.3) is 0 Å². The van der Waals surface area contributed by atoms with Crippen LogP contribution in [0, 0.1) is 0 Å². The highest BCUT2D eigenvalue weighted by Gasteiger charge is 2.29. The number of ether oxygens (including phenoxy) is 2. The van der Waals surface area contributed by atoms with Crippen LogP contribution < -0.4 is 14.4 Å². The number of rotatable bonds is 7. The molecule has 1 aromatic carbocycles. The van der Waals surface area contributed by atoms with Crippen LogP contribution in [0.15, 0.2) is 36.5 Å². The Hall–Kier alpha value is -2.68. The standard InChI is InChI=1S/C21H23ClF3N3O3/c1-30-18-13-15(4-6-17(18)31-14-21(23,24)25)5-7-19(29)27-9-11-28(12-10-27)20-16(22)3-2-8-26-20/h2-4,6,8,13H,5,7,9-12,14H2,1H3. The highest BCUT2D eigenvalue weighted by molar-refractivity contribution is 6.32. The van der Waals surface area contributed by atoms with Crippen molar-refractivity contribution in [2.24, 2.45) is 0 Å². The molecular formula is C21H23ClF3N3O3. The number of carbonyl (C=O) groups excluding carboxylic acids is 1. The minimum absolute atomic E-state index is 0.0132. The molecule has 0 radical (unpaired) electrons. The number of hydrogen-bond donors (Lipinski definition) is 0. The van der Waals surface area contributed by atoms with Crippen molar-refractivity contribution in [3.05, 3.63) is 47.1 Å². The average molecular weight is 458 g/mol. The molecule has 0 atom stereocenters. The molecule has 168 valence electrons. The maximum Gasteiger partial charge on any atom is 0.422 e. The van der Waals surface area contributed by atoms with Crippen LogP contribution in [0.4, 0.5) is 19.0 Å². The van der Waals surface area contributed by atoms with Crippen LogP contribution in [0.5, 0.6) is 11.5 Å². The van der Waals surface area contributed by atoms with E-state index in [-0.39, 0.29) is 23.8 Å². The molecule has 1 fully saturated rings. The minimum atomic E-state index is -4.43. The summed E-state index contributed by atoms with van der Waals surface area (Å²) < 4.78 is 47.0. The number of halogens is 4. The third-order valence-electron chi connectivity index (χ3n) is 4.92. The van der Waals surface area contributed by atoms with Gasteiger partial charge in [0, 0.05) is 38.8 Å². The summed E-state index contributed by atoms with van der Waals surface area (Å²) in [4.78, 5) is 20.8. The number of aromatic nitrogens is 1. The van der Waals surface area contributed by atoms with Crippen LogP contribution in [0.2, 0.25) is 5.02 Å². The maximum absolute atomic E-state index is 12.6. The van der Waals surface area contributed by atoms with Gasteiger partial charge in [0.25, 0.3) is 0 Å². The number of benzene rings is 1. The monoisotopic (exact) mass is 457 g/mol. The molecule has 1 aromatic heterocycles. The molecule has 1 aliphatic rings. The lowest BCUT2D eigenvalue weighted by atomic mass is 10.1. The van der Waals surface area contributed by atoms with Crippen molar-refractivity contribution in [2.45, 2.75) is 19.0 Å². The Kier molecular flexibility index (Phi) is 7.48. The Morgan fingerprint density at radius 1 is 1.16 bits per heavy atom. The zero-order valence-electron chi connectivity index (χ0n) is 17.0. The van der Waals surface area contributed by atoms with Crippen LogP contribution in [-0.2, 0) is 11.2 Å². The Labute approximate surface area is 183 Å². The number of anilines is 1. The van der Waals surface area contributed by atoms with E-state index >= 15 is 0 Å². The molecule has 0 bridgehead atoms. The van der Waals surface area contributed by atoms with Crippen molar-refractivity contribution in [3.8, 4) is 11.5 Å². The normalized spacial score (nSPS) is 14.5. The second-order valence-electron chi connectivity index (χ2n) is 7.07. The molecule has 1 saturated heterocycles. The molecule has 2 heterocycles. The predicted molar refractivity (Wildman–Crippen MR) is 111 cm³/mol. The van der Waals surface area contributed by atoms with Gasteiger partial charge >= 0.3 is 6.18 Å². The van der Waals surface area contributed by atoms with Crippen molar-refractivity contribution >= 4 is 23.3 Å². The highest BCUT2D eigenvalue weighted by Crippen LogP contribution is 2.30. The SMILES string of the molecule is COc1cc(CCC(=O)N2CCN(c3ncccc3Cl)CC2)ccc1OCC(F)(F)F. The number of piperazine rings is 1. The maximum atomic E-state index is 12.6. The van der Waals surface area contributed by atoms with Gasteiger partial charge in [-0.3, -0.25) is 4.79 Å². The molecule has 1 aliphatic heterocycles. The summed E-state index contributed by atoms with van der Waals surface area (Å²) in [5.41, 5.74) is 0.781. The van der Waals surface area contributed by atoms with Gasteiger partial charge in [-0.25, -0.2) is 4.98 Å². The van der Waals surface area contributed by atoms with Crippen molar-refractivity contribution in [3.63, 3.8) is 0 Å². The Bertz CT molecular complexity index is 903. The van der Waals surface area contributed by atoms with E-state index < -0.39 is 12.8 Å². The highest BCUT2D eigenvalue weighted by atomic mass is 35.5. The first-order valence-corrected chi connectivity index (χ1v) is 10.1. The third kappa shape index (κ3) is 6.40. The molecule has 1 amide bonds. The van der Waals surface area contributed by atoms with Gasteiger partial charge in [-0.2, -0.15) is 13.2 Å². The van der Waals surface area contributed by atoms with Crippen LogP contribution in [0.1, 0.15) is 12.0 Å². The van der Waals surface area contributed by atoms with E-state index in [0.717, 1.165) is 11.4 Å². The van der Waals surface area contributed by atoms with Gasteiger partial charge in [0.15, 0.2) is 18.1 Å². The largest absolute Gasteiger partial charge is 0.493 e. The molecule has 6 nitrogen and oxygen atoms in total. The Balaban J connectivity index is 1.51. The van der Waals surface area contributed by atoms with Gasteiger partial charge in [0.1, 0.15) is 5.82 Å². The molecule has 10 heteroatoms. The van der Waals surface area contributed by atoms with Gasteiger partial charge in [0.2, 0.25) is 5.91 Å². The summed E-state index contributed by atoms with van der Waals surface area (Å²) in [6, 6.07) is 8.23. The van der Waals surface area contributed by atoms with E-state index in [1.165, 1.54) is 13.2 Å². The minimum Gasteiger partial charge on any atom is -0.493 e. The fraction of sp³-hybridized carbons (Fsp3) is 0.429. The first-order valence-electron chi connectivity index (χ1n) is 9.76. The number of pyridine rings is 1. The Morgan fingerprint density at radius 3 is 2.55 bits per heavy atom. The lowest BCUT2D eigenvalue weighted by Gasteiger charge is -2.35. The van der Waals surface area contributed by atoms with Crippen LogP contribution >= 0.6 is 11.6 Å². The van der Waals surface area contributed by atoms with E-state index in [0.29, 0.717) is 37.6 Å². The number of amides is 1. The summed E-state index contributed by atoms with van der Waals surface area (Å²) in [5.74, 6) is 0.952. The molecule has 0 spiro atoms. The lowest BCUT2D eigenvalue weighted by Crippen LogP contribution is -2.49. The summed E-state index contributed by atoms with van der Waals surface area (Å²) in [5, 5.41) is 0.582. The number of hydrogen-bond acceptors (Lipinski definition) is 5. The van der Waals surface area contributed by atoms with E-state index in [9.17, 15) is 18.0 Å². The quantitative estimate of drug-likeness (QED) is 0.630. The zero-order valence-corrected chi connectivity index (χ0v) is 17.7. The summed E-state index contributed by atoms with van der Waals surface area (Å²) in [6.07, 6.45) is -2.01. The van der Waals surface area contributed by atoms with Crippen molar-refractivity contribution < 1.29 is 27.4 Å². The topological polar surface area (TPSA) is 54.9 Å². The molecule has 0 aliphatic carbocycles. The molecule has 31 heavy (non-hydrogen) atoms. The van der Waals surface area contributed by atoms with E-state index in [4.69, 9.17) is 21.1 Å². The van der Waals surface area contributed by atoms with E-state index in [1.54, 1.807) is 35.4 Å². The summed E-state index contributed by atoms with van der Waals surface area (Å²) in [7, 11) is 1.36. The zero-order chi connectivity index (χ0) is 22.4. The van der Waals surface area contributed by atoms with Crippen LogP contribution in [-0.4, -0.2) is 61.9 Å². The Morgan fingerprint density at radius 2 is 1.90 bits per heavy atom. The van der Waals surface area contributed by atoms with Gasteiger partial charge < -0.3 is 19.3 Å². The van der Waals surface area contributed by atoms with Crippen molar-refractivity contribution in [1.29, 1.82) is 0 Å². The fourth-order valence-corrected chi connectivity index (χ4v) is 3.57. The molecular weight excluding hydrogens is 435 g/mol. The van der Waals surface area contributed by atoms with E-state index in [2.05, 4.69) is 9.88 Å². The van der Waals surface area contributed by atoms with Gasteiger partial charge in [-0.15, -0.1) is 0 Å². The molecule has 0 saturated carbocycles. The van der Waals surface area contributed by atoms with Crippen molar-refractivity contribution in [2.75, 3.05) is 44.8 Å². The van der Waals surface area contributed by atoms with Gasteiger partial charge in [-0.1, -0.05) is 17.7 Å².